The number of aromatic amines is 1. The van der Waals surface area contributed by atoms with Gasteiger partial charge in [-0.15, -0.1) is 0 Å². The Morgan fingerprint density at radius 2 is 2.03 bits per heavy atom. The summed E-state index contributed by atoms with van der Waals surface area (Å²) in [7, 11) is 0. The van der Waals surface area contributed by atoms with Gasteiger partial charge in [0.15, 0.2) is 0 Å². The molecule has 1 fully saturated rings. The molecule has 148 valence electrons. The first kappa shape index (κ1) is 17.9. The normalized spacial score (nSPS) is 19.6. The molecule has 1 aliphatic heterocycles. The average molecular weight is 388 g/mol. The number of hydrogen-bond acceptors (Lipinski definition) is 3. The Bertz CT molecular complexity index is 1070. The lowest BCUT2D eigenvalue weighted by Crippen LogP contribution is -2.35. The second-order valence-electron chi connectivity index (χ2n) is 8.08. The summed E-state index contributed by atoms with van der Waals surface area (Å²) >= 11 is 0. The first-order valence-electron chi connectivity index (χ1n) is 10.3. The van der Waals surface area contributed by atoms with Crippen LogP contribution in [0.15, 0.2) is 42.5 Å². The van der Waals surface area contributed by atoms with E-state index >= 15 is 0 Å². The topological polar surface area (TPSA) is 78.1 Å². The molecule has 2 unspecified atom stereocenters. The van der Waals surface area contributed by atoms with E-state index in [9.17, 15) is 9.59 Å². The van der Waals surface area contributed by atoms with Crippen molar-refractivity contribution in [2.45, 2.75) is 38.6 Å². The van der Waals surface area contributed by atoms with E-state index in [4.69, 9.17) is 0 Å². The molecule has 2 atom stereocenters. The first-order valence-corrected chi connectivity index (χ1v) is 10.3. The number of para-hydroxylation sites is 2. The van der Waals surface area contributed by atoms with Crippen LogP contribution in [0, 0.1) is 5.92 Å². The molecule has 1 aromatic heterocycles. The smallest absolute Gasteiger partial charge is 0.227 e. The minimum absolute atomic E-state index is 0.0134. The summed E-state index contributed by atoms with van der Waals surface area (Å²) in [6, 6.07) is 13.8. The van der Waals surface area contributed by atoms with Crippen molar-refractivity contribution in [1.29, 1.82) is 0 Å². The molecule has 6 heteroatoms. The summed E-state index contributed by atoms with van der Waals surface area (Å²) in [6.45, 7) is 2.33. The highest BCUT2D eigenvalue weighted by atomic mass is 16.2. The maximum Gasteiger partial charge on any atom is 0.227 e. The second kappa shape index (κ2) is 7.03. The Morgan fingerprint density at radius 1 is 1.21 bits per heavy atom. The van der Waals surface area contributed by atoms with Crippen LogP contribution in [-0.4, -0.2) is 28.3 Å². The number of H-pyrrole nitrogens is 1. The number of nitrogens with zero attached hydrogens (tertiary/aromatic N) is 2. The minimum atomic E-state index is -0.345. The van der Waals surface area contributed by atoms with Crippen molar-refractivity contribution in [3.05, 3.63) is 59.4 Å². The highest BCUT2D eigenvalue weighted by Crippen LogP contribution is 2.31. The molecule has 6 nitrogen and oxygen atoms in total. The number of nitrogens with one attached hydrogen (secondary N) is 2. The van der Waals surface area contributed by atoms with Gasteiger partial charge in [-0.1, -0.05) is 18.2 Å². The van der Waals surface area contributed by atoms with Gasteiger partial charge < -0.3 is 15.2 Å². The number of anilines is 1. The number of aryl methyl sites for hydroxylation is 2. The van der Waals surface area contributed by atoms with Gasteiger partial charge in [0.05, 0.1) is 23.0 Å². The molecule has 2 aliphatic rings. The van der Waals surface area contributed by atoms with Crippen LogP contribution in [0.5, 0.6) is 0 Å². The van der Waals surface area contributed by atoms with Crippen molar-refractivity contribution < 1.29 is 9.59 Å². The van der Waals surface area contributed by atoms with Crippen LogP contribution in [0.25, 0.3) is 11.0 Å². The Hall–Kier alpha value is -3.15. The predicted octanol–water partition coefficient (Wildman–Crippen LogP) is 3.28. The standard InChI is InChI=1S/C23H24N4O2/c1-14(22-25-19-7-2-3-8-20(19)26-22)24-23(29)17-12-21(28)27(13-17)18-10-9-15-5-4-6-16(15)11-18/h2-3,7-11,14,17H,4-6,12-13H2,1H3,(H,24,29)(H,25,26). The van der Waals surface area contributed by atoms with Crippen molar-refractivity contribution in [1.82, 2.24) is 15.3 Å². The number of fused-ring (bicyclic) bond motifs is 2. The van der Waals surface area contributed by atoms with Crippen molar-refractivity contribution >= 4 is 28.5 Å². The lowest BCUT2D eigenvalue weighted by atomic mass is 10.1. The number of carbonyl (C=O) groups is 2. The van der Waals surface area contributed by atoms with Crippen LogP contribution in [0.3, 0.4) is 0 Å². The van der Waals surface area contributed by atoms with Crippen molar-refractivity contribution in [2.75, 3.05) is 11.4 Å². The lowest BCUT2D eigenvalue weighted by molar-refractivity contribution is -0.126. The fourth-order valence-electron chi connectivity index (χ4n) is 4.44. The predicted molar refractivity (Wildman–Crippen MR) is 112 cm³/mol. The fraction of sp³-hybridized carbons (Fsp3) is 0.348. The van der Waals surface area contributed by atoms with E-state index in [2.05, 4.69) is 27.4 Å². The quantitative estimate of drug-likeness (QED) is 0.720. The van der Waals surface area contributed by atoms with Gasteiger partial charge in [0.1, 0.15) is 5.82 Å². The zero-order valence-electron chi connectivity index (χ0n) is 16.4. The maximum atomic E-state index is 12.8. The molecule has 0 radical (unpaired) electrons. The second-order valence-corrected chi connectivity index (χ2v) is 8.08. The zero-order valence-corrected chi connectivity index (χ0v) is 16.4. The Morgan fingerprint density at radius 3 is 2.90 bits per heavy atom. The molecule has 3 aromatic rings. The van der Waals surface area contributed by atoms with Crippen molar-refractivity contribution in [3.63, 3.8) is 0 Å². The van der Waals surface area contributed by atoms with Gasteiger partial charge >= 0.3 is 0 Å². The van der Waals surface area contributed by atoms with E-state index in [0.717, 1.165) is 35.4 Å². The summed E-state index contributed by atoms with van der Waals surface area (Å²) in [5.41, 5.74) is 5.46. The minimum Gasteiger partial charge on any atom is -0.346 e. The molecule has 1 saturated heterocycles. The third-order valence-electron chi connectivity index (χ3n) is 6.07. The molecule has 2 heterocycles. The summed E-state index contributed by atoms with van der Waals surface area (Å²) in [4.78, 5) is 35.0. The van der Waals surface area contributed by atoms with Gasteiger partial charge in [0, 0.05) is 18.7 Å². The maximum absolute atomic E-state index is 12.8. The third kappa shape index (κ3) is 3.28. The number of aromatic nitrogens is 2. The molecule has 1 aliphatic carbocycles. The number of imidazole rings is 1. The van der Waals surface area contributed by atoms with Crippen molar-refractivity contribution in [2.24, 2.45) is 5.92 Å². The Kier molecular flexibility index (Phi) is 4.34. The summed E-state index contributed by atoms with van der Waals surface area (Å²) in [6.07, 6.45) is 3.62. The van der Waals surface area contributed by atoms with Crippen LogP contribution < -0.4 is 10.2 Å². The van der Waals surface area contributed by atoms with Crippen LogP contribution in [0.1, 0.15) is 42.8 Å². The molecular weight excluding hydrogens is 364 g/mol. The Balaban J connectivity index is 1.27. The van der Waals surface area contributed by atoms with Gasteiger partial charge in [-0.2, -0.15) is 0 Å². The third-order valence-corrected chi connectivity index (χ3v) is 6.07. The molecule has 2 aromatic carbocycles. The molecule has 5 rings (SSSR count). The van der Waals surface area contributed by atoms with Crippen LogP contribution in [0.4, 0.5) is 5.69 Å². The molecule has 2 N–H and O–H groups in total. The van der Waals surface area contributed by atoms with Gasteiger partial charge in [0.2, 0.25) is 11.8 Å². The number of amides is 2. The fourth-order valence-corrected chi connectivity index (χ4v) is 4.44. The monoisotopic (exact) mass is 388 g/mol. The molecule has 2 amide bonds. The Labute approximate surface area is 169 Å². The van der Waals surface area contributed by atoms with Gasteiger partial charge in [-0.3, -0.25) is 9.59 Å². The SMILES string of the molecule is CC(NC(=O)C1CC(=O)N(c2ccc3c(c2)CCC3)C1)c1nc2ccccc2[nH]1. The average Bonchev–Trinajstić information content (AvgIpc) is 3.44. The van der Waals surface area contributed by atoms with Gasteiger partial charge in [-0.25, -0.2) is 4.98 Å². The molecule has 0 bridgehead atoms. The van der Waals surface area contributed by atoms with Crippen LogP contribution >= 0.6 is 0 Å². The number of rotatable bonds is 4. The number of benzene rings is 2. The highest BCUT2D eigenvalue weighted by molar-refractivity contribution is 6.00. The summed E-state index contributed by atoms with van der Waals surface area (Å²) in [5, 5.41) is 3.02. The van der Waals surface area contributed by atoms with E-state index in [-0.39, 0.29) is 30.2 Å². The van der Waals surface area contributed by atoms with E-state index < -0.39 is 0 Å². The molecule has 0 spiro atoms. The van der Waals surface area contributed by atoms with Crippen LogP contribution in [-0.2, 0) is 22.4 Å². The highest BCUT2D eigenvalue weighted by Gasteiger charge is 2.36. The number of hydrogen-bond donors (Lipinski definition) is 2. The van der Waals surface area contributed by atoms with Gasteiger partial charge in [0.25, 0.3) is 0 Å². The first-order chi connectivity index (χ1) is 14.1. The zero-order chi connectivity index (χ0) is 20.0. The number of carbonyl (C=O) groups excluding carboxylic acids is 2. The summed E-state index contributed by atoms with van der Waals surface area (Å²) < 4.78 is 0. The summed E-state index contributed by atoms with van der Waals surface area (Å²) in [5.74, 6) is 0.288. The van der Waals surface area contributed by atoms with Gasteiger partial charge in [-0.05, 0) is 61.6 Å². The van der Waals surface area contributed by atoms with E-state index in [0.29, 0.717) is 6.54 Å². The molecule has 0 saturated carbocycles. The molecule has 29 heavy (non-hydrogen) atoms. The lowest BCUT2D eigenvalue weighted by Gasteiger charge is -2.19. The van der Waals surface area contributed by atoms with E-state index in [1.165, 1.54) is 17.5 Å². The van der Waals surface area contributed by atoms with E-state index in [1.54, 1.807) is 4.90 Å². The largest absolute Gasteiger partial charge is 0.346 e. The van der Waals surface area contributed by atoms with E-state index in [1.807, 2.05) is 37.3 Å². The van der Waals surface area contributed by atoms with Crippen LogP contribution in [0.2, 0.25) is 0 Å². The van der Waals surface area contributed by atoms with Crippen molar-refractivity contribution in [3.8, 4) is 0 Å². The molecular formula is C23H24N4O2.